The first-order chi connectivity index (χ1) is 19.6. The monoisotopic (exact) mass is 553 g/mol. The average molecular weight is 554 g/mol. The minimum Gasteiger partial charge on any atom is -0.465 e. The zero-order valence-corrected chi connectivity index (χ0v) is 23.4. The van der Waals surface area contributed by atoms with E-state index in [9.17, 15) is 20.0 Å². The van der Waals surface area contributed by atoms with Crippen LogP contribution in [0.1, 0.15) is 53.8 Å². The summed E-state index contributed by atoms with van der Waals surface area (Å²) in [5.41, 5.74) is 4.55. The predicted molar refractivity (Wildman–Crippen MR) is 151 cm³/mol. The highest BCUT2D eigenvalue weighted by Crippen LogP contribution is 2.35. The van der Waals surface area contributed by atoms with Crippen LogP contribution in [0.3, 0.4) is 0 Å². The molecule has 11 heteroatoms. The Balaban J connectivity index is 1.72. The fraction of sp³-hybridized carbons (Fsp3) is 0.333. The van der Waals surface area contributed by atoms with Crippen LogP contribution in [0.5, 0.6) is 11.6 Å². The molecule has 0 spiro atoms. The second kappa shape index (κ2) is 12.3. The van der Waals surface area contributed by atoms with E-state index in [0.717, 1.165) is 11.1 Å². The molecule has 3 N–H and O–H groups in total. The summed E-state index contributed by atoms with van der Waals surface area (Å²) in [5.74, 6) is 0.878. The van der Waals surface area contributed by atoms with Crippen LogP contribution in [-0.4, -0.2) is 44.6 Å². The van der Waals surface area contributed by atoms with Gasteiger partial charge in [-0.2, -0.15) is 15.5 Å². The lowest BCUT2D eigenvalue weighted by Gasteiger charge is -2.32. The fourth-order valence-corrected chi connectivity index (χ4v) is 4.80. The standard InChI is InChI=1S/C30H31N7O4/c1-17(2)11-25(35-30(39)40)28(38)37-10-9-24-23(16-37)27(41-26-18(3)12-21(15-32)13-19(26)4)36-29(34-24)33-22-7-5-20(14-31)6-8-22/h5-8,12-13,17,25,35H,9-11,16H2,1-4H3,(H,39,40)(H,33,34,36)/t25-/m0/s1. The zero-order chi connectivity index (χ0) is 29.7. The van der Waals surface area contributed by atoms with Gasteiger partial charge in [0.2, 0.25) is 17.7 Å². The number of hydrogen-bond donors (Lipinski definition) is 3. The molecule has 0 fully saturated rings. The molecule has 2 aromatic carbocycles. The quantitative estimate of drug-likeness (QED) is 0.350. The molecular formula is C30H31N7O4. The third kappa shape index (κ3) is 6.89. The number of nitrogens with zero attached hydrogens (tertiary/aromatic N) is 5. The first kappa shape index (κ1) is 28.8. The highest BCUT2D eigenvalue weighted by molar-refractivity contribution is 5.85. The van der Waals surface area contributed by atoms with Gasteiger partial charge in [-0.3, -0.25) is 4.79 Å². The Hall–Kier alpha value is -5.16. The Morgan fingerprint density at radius 1 is 1.07 bits per heavy atom. The van der Waals surface area contributed by atoms with E-state index in [0.29, 0.717) is 53.2 Å². The van der Waals surface area contributed by atoms with Crippen LogP contribution in [0.25, 0.3) is 0 Å². The van der Waals surface area contributed by atoms with Crippen molar-refractivity contribution in [2.45, 2.75) is 53.1 Å². The third-order valence-corrected chi connectivity index (χ3v) is 6.70. The SMILES string of the molecule is Cc1cc(C#N)cc(C)c1Oc1nc(Nc2ccc(C#N)cc2)nc2c1CN(C(=O)[C@H](CC(C)C)NC(=O)O)CC2. The van der Waals surface area contributed by atoms with Gasteiger partial charge in [0.05, 0.1) is 41.1 Å². The van der Waals surface area contributed by atoms with E-state index in [-0.39, 0.29) is 30.2 Å². The van der Waals surface area contributed by atoms with Crippen molar-refractivity contribution in [1.82, 2.24) is 20.2 Å². The summed E-state index contributed by atoms with van der Waals surface area (Å²) in [7, 11) is 0. The van der Waals surface area contributed by atoms with Gasteiger partial charge in [-0.05, 0) is 73.7 Å². The van der Waals surface area contributed by atoms with Gasteiger partial charge in [-0.25, -0.2) is 9.78 Å². The molecule has 0 bridgehead atoms. The molecule has 2 amide bonds. The van der Waals surface area contributed by atoms with Crippen molar-refractivity contribution in [2.75, 3.05) is 11.9 Å². The van der Waals surface area contributed by atoms with Crippen LogP contribution in [-0.2, 0) is 17.8 Å². The van der Waals surface area contributed by atoms with Gasteiger partial charge in [-0.1, -0.05) is 13.8 Å². The number of aryl methyl sites for hydroxylation is 2. The first-order valence-electron chi connectivity index (χ1n) is 13.2. The van der Waals surface area contributed by atoms with Crippen molar-refractivity contribution in [3.05, 3.63) is 69.9 Å². The van der Waals surface area contributed by atoms with E-state index in [1.807, 2.05) is 27.7 Å². The molecule has 0 unspecified atom stereocenters. The molecular weight excluding hydrogens is 522 g/mol. The van der Waals surface area contributed by atoms with Crippen LogP contribution < -0.4 is 15.4 Å². The number of hydrogen-bond acceptors (Lipinski definition) is 8. The largest absolute Gasteiger partial charge is 0.465 e. The summed E-state index contributed by atoms with van der Waals surface area (Å²) in [6, 6.07) is 13.7. The number of anilines is 2. The lowest BCUT2D eigenvalue weighted by atomic mass is 10.0. The van der Waals surface area contributed by atoms with Crippen molar-refractivity contribution in [3.63, 3.8) is 0 Å². The number of ether oxygens (including phenoxy) is 1. The summed E-state index contributed by atoms with van der Waals surface area (Å²) in [5, 5.41) is 33.3. The van der Waals surface area contributed by atoms with Crippen LogP contribution in [0, 0.1) is 42.4 Å². The summed E-state index contributed by atoms with van der Waals surface area (Å²) in [6.07, 6.45) is -0.473. The van der Waals surface area contributed by atoms with E-state index >= 15 is 0 Å². The summed E-state index contributed by atoms with van der Waals surface area (Å²) in [6.45, 7) is 8.04. The Morgan fingerprint density at radius 3 is 2.32 bits per heavy atom. The Morgan fingerprint density at radius 2 is 1.73 bits per heavy atom. The molecule has 4 rings (SSSR count). The van der Waals surface area contributed by atoms with E-state index < -0.39 is 12.1 Å². The van der Waals surface area contributed by atoms with Crippen LogP contribution in [0.2, 0.25) is 0 Å². The third-order valence-electron chi connectivity index (χ3n) is 6.70. The molecule has 2 heterocycles. The summed E-state index contributed by atoms with van der Waals surface area (Å²) < 4.78 is 6.38. The van der Waals surface area contributed by atoms with Crippen molar-refractivity contribution in [2.24, 2.45) is 5.92 Å². The molecule has 1 aliphatic heterocycles. The number of amides is 2. The second-order valence-corrected chi connectivity index (χ2v) is 10.4. The lowest BCUT2D eigenvalue weighted by Crippen LogP contribution is -2.50. The van der Waals surface area contributed by atoms with Crippen molar-refractivity contribution >= 4 is 23.6 Å². The highest BCUT2D eigenvalue weighted by Gasteiger charge is 2.32. The number of nitrogens with one attached hydrogen (secondary N) is 2. The topological polar surface area (TPSA) is 164 Å². The maximum atomic E-state index is 13.4. The van der Waals surface area contributed by atoms with Crippen molar-refractivity contribution in [1.29, 1.82) is 10.5 Å². The highest BCUT2D eigenvalue weighted by atomic mass is 16.5. The van der Waals surface area contributed by atoms with Gasteiger partial charge < -0.3 is 25.4 Å². The van der Waals surface area contributed by atoms with Gasteiger partial charge >= 0.3 is 6.09 Å². The fourth-order valence-electron chi connectivity index (χ4n) is 4.80. The van der Waals surface area contributed by atoms with Crippen LogP contribution in [0.4, 0.5) is 16.4 Å². The average Bonchev–Trinajstić information content (AvgIpc) is 2.93. The molecule has 3 aromatic rings. The van der Waals surface area contributed by atoms with E-state index in [1.165, 1.54) is 0 Å². The number of aromatic nitrogens is 2. The maximum Gasteiger partial charge on any atom is 0.405 e. The molecule has 0 radical (unpaired) electrons. The smallest absolute Gasteiger partial charge is 0.405 e. The number of fused-ring (bicyclic) bond motifs is 1. The number of carbonyl (C=O) groups excluding carboxylic acids is 1. The van der Waals surface area contributed by atoms with Gasteiger partial charge in [0.15, 0.2) is 0 Å². The van der Waals surface area contributed by atoms with E-state index in [4.69, 9.17) is 15.0 Å². The molecule has 11 nitrogen and oxygen atoms in total. The number of nitriles is 2. The second-order valence-electron chi connectivity index (χ2n) is 10.4. The molecule has 0 saturated heterocycles. The first-order valence-corrected chi connectivity index (χ1v) is 13.2. The predicted octanol–water partition coefficient (Wildman–Crippen LogP) is 4.94. The van der Waals surface area contributed by atoms with Crippen LogP contribution >= 0.6 is 0 Å². The van der Waals surface area contributed by atoms with E-state index in [2.05, 4.69) is 27.8 Å². The van der Waals surface area contributed by atoms with Gasteiger partial charge in [0, 0.05) is 18.7 Å². The zero-order valence-electron chi connectivity index (χ0n) is 23.4. The molecule has 0 aliphatic carbocycles. The summed E-state index contributed by atoms with van der Waals surface area (Å²) >= 11 is 0. The molecule has 41 heavy (non-hydrogen) atoms. The Labute approximate surface area is 238 Å². The Bertz CT molecular complexity index is 1530. The minimum absolute atomic E-state index is 0.105. The Kier molecular flexibility index (Phi) is 8.69. The number of carboxylic acid groups (broad SMARTS) is 1. The normalized spacial score (nSPS) is 13.0. The molecule has 0 saturated carbocycles. The number of carbonyl (C=O) groups is 2. The number of rotatable bonds is 8. The van der Waals surface area contributed by atoms with Crippen LogP contribution in [0.15, 0.2) is 36.4 Å². The maximum absolute atomic E-state index is 13.4. The molecule has 1 aliphatic rings. The molecule has 1 atom stereocenters. The minimum atomic E-state index is -1.25. The van der Waals surface area contributed by atoms with Crippen molar-refractivity contribution < 1.29 is 19.4 Å². The molecule has 210 valence electrons. The number of benzene rings is 2. The summed E-state index contributed by atoms with van der Waals surface area (Å²) in [4.78, 5) is 35.8. The van der Waals surface area contributed by atoms with E-state index in [1.54, 1.807) is 41.3 Å². The van der Waals surface area contributed by atoms with Crippen molar-refractivity contribution in [3.8, 4) is 23.8 Å². The van der Waals surface area contributed by atoms with Gasteiger partial charge in [0.25, 0.3) is 0 Å². The lowest BCUT2D eigenvalue weighted by molar-refractivity contribution is -0.134. The van der Waals surface area contributed by atoms with Gasteiger partial charge in [0.1, 0.15) is 11.8 Å². The van der Waals surface area contributed by atoms with Gasteiger partial charge in [-0.15, -0.1) is 0 Å². The molecule has 1 aromatic heterocycles.